The number of halogens is 2. The zero-order chi connectivity index (χ0) is 14.1. The van der Waals surface area contributed by atoms with E-state index in [-0.39, 0.29) is 5.56 Å². The minimum atomic E-state index is -0.636. The third kappa shape index (κ3) is 2.15. The molecule has 0 aliphatic carbocycles. The lowest BCUT2D eigenvalue weighted by molar-refractivity contribution is 0.350. The van der Waals surface area contributed by atoms with Crippen molar-refractivity contribution in [2.45, 2.75) is 12.5 Å². The second kappa shape index (κ2) is 5.19. The van der Waals surface area contributed by atoms with E-state index in [1.54, 1.807) is 0 Å². The van der Waals surface area contributed by atoms with Crippen molar-refractivity contribution in [1.29, 1.82) is 0 Å². The maximum atomic E-state index is 13.9. The highest BCUT2D eigenvalue weighted by molar-refractivity contribution is 5.48. The summed E-state index contributed by atoms with van der Waals surface area (Å²) in [6.07, 6.45) is 0.826. The van der Waals surface area contributed by atoms with Gasteiger partial charge in [0.2, 0.25) is 0 Å². The van der Waals surface area contributed by atoms with Crippen LogP contribution in [-0.2, 0) is 6.42 Å². The summed E-state index contributed by atoms with van der Waals surface area (Å²) < 4.78 is 32.6. The molecule has 3 rings (SSSR count). The van der Waals surface area contributed by atoms with Gasteiger partial charge in [-0.15, -0.1) is 0 Å². The van der Waals surface area contributed by atoms with E-state index in [9.17, 15) is 8.78 Å². The Morgan fingerprint density at radius 1 is 1.15 bits per heavy atom. The number of rotatable bonds is 3. The molecule has 0 spiro atoms. The standard InChI is InChI=1S/C15H14F2N2O/c16-10-4-5-11(13(17)8-10)14(19-18)12-3-1-2-9-6-7-20-15(9)12/h1-5,8,14,19H,6-7,18H2. The molecule has 2 aromatic rings. The maximum absolute atomic E-state index is 13.9. The molecule has 104 valence electrons. The van der Waals surface area contributed by atoms with E-state index in [4.69, 9.17) is 10.6 Å². The number of nitrogens with one attached hydrogen (secondary N) is 1. The van der Waals surface area contributed by atoms with Gasteiger partial charge in [0, 0.05) is 23.6 Å². The van der Waals surface area contributed by atoms with Gasteiger partial charge < -0.3 is 4.74 Å². The summed E-state index contributed by atoms with van der Waals surface area (Å²) in [6, 6.07) is 8.57. The van der Waals surface area contributed by atoms with Gasteiger partial charge in [-0.25, -0.2) is 14.2 Å². The number of ether oxygens (including phenoxy) is 1. The predicted molar refractivity (Wildman–Crippen MR) is 71.2 cm³/mol. The van der Waals surface area contributed by atoms with E-state index in [1.807, 2.05) is 18.2 Å². The second-order valence-electron chi connectivity index (χ2n) is 4.70. The van der Waals surface area contributed by atoms with Crippen molar-refractivity contribution >= 4 is 0 Å². The van der Waals surface area contributed by atoms with Gasteiger partial charge in [0.25, 0.3) is 0 Å². The summed E-state index contributed by atoms with van der Waals surface area (Å²) >= 11 is 0. The van der Waals surface area contributed by atoms with Crippen LogP contribution in [0.1, 0.15) is 22.7 Å². The molecule has 0 saturated carbocycles. The first-order valence-electron chi connectivity index (χ1n) is 6.36. The molecule has 0 bridgehead atoms. The van der Waals surface area contributed by atoms with Crippen LogP contribution in [0.4, 0.5) is 8.78 Å². The van der Waals surface area contributed by atoms with E-state index >= 15 is 0 Å². The Bertz CT molecular complexity index is 646. The smallest absolute Gasteiger partial charge is 0.131 e. The molecule has 20 heavy (non-hydrogen) atoms. The van der Waals surface area contributed by atoms with Crippen LogP contribution in [0.5, 0.6) is 5.75 Å². The van der Waals surface area contributed by atoms with E-state index in [1.165, 1.54) is 12.1 Å². The first-order chi connectivity index (χ1) is 9.70. The number of hydrazine groups is 1. The third-order valence-electron chi connectivity index (χ3n) is 3.50. The van der Waals surface area contributed by atoms with E-state index in [2.05, 4.69) is 5.43 Å². The minimum Gasteiger partial charge on any atom is -0.493 e. The predicted octanol–water partition coefficient (Wildman–Crippen LogP) is 2.45. The largest absolute Gasteiger partial charge is 0.493 e. The summed E-state index contributed by atoms with van der Waals surface area (Å²) in [5, 5.41) is 0. The lowest BCUT2D eigenvalue weighted by Crippen LogP contribution is -2.29. The highest BCUT2D eigenvalue weighted by Gasteiger charge is 2.24. The van der Waals surface area contributed by atoms with Gasteiger partial charge in [-0.05, 0) is 11.6 Å². The van der Waals surface area contributed by atoms with Crippen LogP contribution in [0.25, 0.3) is 0 Å². The molecular formula is C15H14F2N2O. The molecule has 0 amide bonds. The molecule has 0 radical (unpaired) electrons. The number of hydrogen-bond donors (Lipinski definition) is 2. The van der Waals surface area contributed by atoms with Crippen molar-refractivity contribution in [1.82, 2.24) is 5.43 Å². The van der Waals surface area contributed by atoms with Gasteiger partial charge >= 0.3 is 0 Å². The Hall–Kier alpha value is -1.98. The molecular weight excluding hydrogens is 262 g/mol. The fourth-order valence-electron chi connectivity index (χ4n) is 2.55. The first kappa shape index (κ1) is 13.0. The molecule has 2 aromatic carbocycles. The van der Waals surface area contributed by atoms with Crippen molar-refractivity contribution in [3.05, 3.63) is 64.7 Å². The highest BCUT2D eigenvalue weighted by atomic mass is 19.1. The Labute approximate surface area is 115 Å². The van der Waals surface area contributed by atoms with Gasteiger partial charge in [-0.3, -0.25) is 5.84 Å². The molecule has 5 heteroatoms. The Balaban J connectivity index is 2.09. The molecule has 1 atom stereocenters. The highest BCUT2D eigenvalue weighted by Crippen LogP contribution is 2.36. The van der Waals surface area contributed by atoms with E-state index in [0.29, 0.717) is 6.61 Å². The van der Waals surface area contributed by atoms with Crippen LogP contribution >= 0.6 is 0 Å². The van der Waals surface area contributed by atoms with Crippen LogP contribution in [0.3, 0.4) is 0 Å². The summed E-state index contributed by atoms with van der Waals surface area (Å²) in [5.74, 6) is 5.06. The molecule has 3 N–H and O–H groups in total. The maximum Gasteiger partial charge on any atom is 0.131 e. The average molecular weight is 276 g/mol. The summed E-state index contributed by atoms with van der Waals surface area (Å²) in [7, 11) is 0. The molecule has 3 nitrogen and oxygen atoms in total. The minimum absolute atomic E-state index is 0.290. The molecule has 1 aliphatic heterocycles. The van der Waals surface area contributed by atoms with Crippen molar-refractivity contribution in [2.75, 3.05) is 6.61 Å². The zero-order valence-corrected chi connectivity index (χ0v) is 10.7. The van der Waals surface area contributed by atoms with Crippen LogP contribution < -0.4 is 16.0 Å². The fourth-order valence-corrected chi connectivity index (χ4v) is 2.55. The normalized spacial score (nSPS) is 14.8. The monoisotopic (exact) mass is 276 g/mol. The number of fused-ring (bicyclic) bond motifs is 1. The average Bonchev–Trinajstić information content (AvgIpc) is 2.91. The number of hydrogen-bond acceptors (Lipinski definition) is 3. The van der Waals surface area contributed by atoms with Gasteiger partial charge in [-0.1, -0.05) is 24.3 Å². The summed E-state index contributed by atoms with van der Waals surface area (Å²) in [4.78, 5) is 0. The van der Waals surface area contributed by atoms with E-state index in [0.717, 1.165) is 29.4 Å². The Morgan fingerprint density at radius 2 is 2.00 bits per heavy atom. The van der Waals surface area contributed by atoms with Crippen LogP contribution in [-0.4, -0.2) is 6.61 Å². The van der Waals surface area contributed by atoms with Crippen LogP contribution in [0.15, 0.2) is 36.4 Å². The van der Waals surface area contributed by atoms with E-state index < -0.39 is 17.7 Å². The molecule has 0 saturated heterocycles. The molecule has 1 unspecified atom stereocenters. The lowest BCUT2D eigenvalue weighted by Gasteiger charge is -2.20. The molecule has 0 fully saturated rings. The van der Waals surface area contributed by atoms with Crippen molar-refractivity contribution < 1.29 is 13.5 Å². The van der Waals surface area contributed by atoms with Crippen molar-refractivity contribution in [2.24, 2.45) is 5.84 Å². The SMILES string of the molecule is NNC(c1ccc(F)cc1F)c1cccc2c1OCC2. The topological polar surface area (TPSA) is 47.3 Å². The summed E-state index contributed by atoms with van der Waals surface area (Å²) in [5.41, 5.74) is 4.70. The Morgan fingerprint density at radius 3 is 2.75 bits per heavy atom. The number of nitrogens with two attached hydrogens (primary N) is 1. The van der Waals surface area contributed by atoms with Crippen LogP contribution in [0, 0.1) is 11.6 Å². The number of para-hydroxylation sites is 1. The molecule has 1 heterocycles. The van der Waals surface area contributed by atoms with Crippen molar-refractivity contribution in [3.63, 3.8) is 0 Å². The van der Waals surface area contributed by atoms with Gasteiger partial charge in [-0.2, -0.15) is 0 Å². The first-order valence-corrected chi connectivity index (χ1v) is 6.36. The number of benzene rings is 2. The fraction of sp³-hybridized carbons (Fsp3) is 0.200. The lowest BCUT2D eigenvalue weighted by atomic mass is 9.96. The summed E-state index contributed by atoms with van der Waals surface area (Å²) in [6.45, 7) is 0.607. The second-order valence-corrected chi connectivity index (χ2v) is 4.70. The zero-order valence-electron chi connectivity index (χ0n) is 10.7. The van der Waals surface area contributed by atoms with Crippen LogP contribution in [0.2, 0.25) is 0 Å². The van der Waals surface area contributed by atoms with Gasteiger partial charge in [0.15, 0.2) is 0 Å². The third-order valence-corrected chi connectivity index (χ3v) is 3.50. The quantitative estimate of drug-likeness (QED) is 0.668. The van der Waals surface area contributed by atoms with Crippen molar-refractivity contribution in [3.8, 4) is 5.75 Å². The van der Waals surface area contributed by atoms with Gasteiger partial charge in [0.1, 0.15) is 17.4 Å². The molecule has 1 aliphatic rings. The molecule has 0 aromatic heterocycles. The Kier molecular flexibility index (Phi) is 3.38. The van der Waals surface area contributed by atoms with Gasteiger partial charge in [0.05, 0.1) is 12.6 Å².